The molecule has 40 heavy (non-hydrogen) atoms. The Balaban J connectivity index is 1.35. The van der Waals surface area contributed by atoms with Crippen LogP contribution in [0.3, 0.4) is 0 Å². The van der Waals surface area contributed by atoms with Crippen LogP contribution in [0.5, 0.6) is 0 Å². The molecule has 0 spiro atoms. The van der Waals surface area contributed by atoms with E-state index < -0.39 is 0 Å². The molecule has 5 rings (SSSR count). The summed E-state index contributed by atoms with van der Waals surface area (Å²) in [6.07, 6.45) is 1.93. The van der Waals surface area contributed by atoms with E-state index in [0.717, 1.165) is 70.2 Å². The largest absolute Gasteiger partial charge is 0.437 e. The predicted molar refractivity (Wildman–Crippen MR) is 161 cm³/mol. The van der Waals surface area contributed by atoms with E-state index in [9.17, 15) is 4.79 Å². The van der Waals surface area contributed by atoms with Crippen molar-refractivity contribution in [2.75, 3.05) is 73.5 Å². The first-order chi connectivity index (χ1) is 19.1. The van der Waals surface area contributed by atoms with Crippen LogP contribution in [0, 0.1) is 0 Å². The van der Waals surface area contributed by atoms with E-state index in [0.29, 0.717) is 27.9 Å². The Morgan fingerprint density at radius 3 is 2.05 bits per heavy atom. The molecular formula is C31H43N7O2. The fraction of sp³-hybridized carbons (Fsp3) is 0.516. The lowest BCUT2D eigenvalue weighted by Gasteiger charge is -2.30. The first-order valence-corrected chi connectivity index (χ1v) is 14.3. The van der Waals surface area contributed by atoms with E-state index in [1.165, 1.54) is 0 Å². The highest BCUT2D eigenvalue weighted by Gasteiger charge is 2.18. The molecule has 0 N–H and O–H groups in total. The van der Waals surface area contributed by atoms with Crippen LogP contribution in [-0.4, -0.2) is 108 Å². The molecule has 214 valence electrons. The fourth-order valence-corrected chi connectivity index (χ4v) is 5.04. The van der Waals surface area contributed by atoms with Gasteiger partial charge in [0.2, 0.25) is 11.1 Å². The zero-order valence-corrected chi connectivity index (χ0v) is 24.9. The van der Waals surface area contributed by atoms with Gasteiger partial charge in [0.15, 0.2) is 5.82 Å². The molecule has 1 saturated heterocycles. The number of fused-ring (bicyclic) bond motifs is 2. The zero-order chi connectivity index (χ0) is 28.4. The summed E-state index contributed by atoms with van der Waals surface area (Å²) in [4.78, 5) is 27.7. The average Bonchev–Trinajstić information content (AvgIpc) is 3.39. The highest BCUT2D eigenvalue weighted by molar-refractivity contribution is 5.88. The Bertz CT molecular complexity index is 1500. The molecule has 0 amide bonds. The maximum absolute atomic E-state index is 13.3. The second kappa shape index (κ2) is 11.8. The Hall–Kier alpha value is -3.11. The van der Waals surface area contributed by atoms with Crippen LogP contribution in [-0.2, 0) is 12.0 Å². The number of rotatable bonds is 3. The van der Waals surface area contributed by atoms with Crippen molar-refractivity contribution in [2.45, 2.75) is 32.7 Å². The third-order valence-electron chi connectivity index (χ3n) is 7.97. The zero-order valence-electron chi connectivity index (χ0n) is 24.9. The van der Waals surface area contributed by atoms with Crippen molar-refractivity contribution in [2.24, 2.45) is 0 Å². The average molecular weight is 546 g/mol. The monoisotopic (exact) mass is 545 g/mol. The summed E-state index contributed by atoms with van der Waals surface area (Å²) >= 11 is 0. The van der Waals surface area contributed by atoms with Gasteiger partial charge in [-0.15, -0.1) is 0 Å². The van der Waals surface area contributed by atoms with E-state index in [4.69, 9.17) is 9.52 Å². The topological polar surface area (TPSA) is 73.9 Å². The van der Waals surface area contributed by atoms with Crippen LogP contribution in [0.4, 0.5) is 0 Å². The Kier molecular flexibility index (Phi) is 8.37. The quantitative estimate of drug-likeness (QED) is 0.363. The summed E-state index contributed by atoms with van der Waals surface area (Å²) < 4.78 is 7.88. The van der Waals surface area contributed by atoms with Crippen molar-refractivity contribution in [3.63, 3.8) is 0 Å². The number of hydrogen-bond donors (Lipinski definition) is 0. The van der Waals surface area contributed by atoms with Gasteiger partial charge in [-0.25, -0.2) is 4.68 Å². The van der Waals surface area contributed by atoms with Crippen molar-refractivity contribution in [3.05, 3.63) is 64.1 Å². The van der Waals surface area contributed by atoms with E-state index in [1.807, 2.05) is 30.5 Å². The van der Waals surface area contributed by atoms with Gasteiger partial charge in [0.1, 0.15) is 5.58 Å². The number of nitrogens with zero attached hydrogens (tertiary/aromatic N) is 7. The van der Waals surface area contributed by atoms with Crippen molar-refractivity contribution >= 4 is 22.1 Å². The Morgan fingerprint density at radius 1 is 0.800 bits per heavy atom. The van der Waals surface area contributed by atoms with Crippen LogP contribution in [0.2, 0.25) is 0 Å². The van der Waals surface area contributed by atoms with Crippen molar-refractivity contribution in [1.82, 2.24) is 34.4 Å². The predicted octanol–water partition coefficient (Wildman–Crippen LogP) is 3.44. The lowest BCUT2D eigenvalue weighted by atomic mass is 9.86. The van der Waals surface area contributed by atoms with Crippen LogP contribution in [0.25, 0.3) is 27.9 Å². The van der Waals surface area contributed by atoms with E-state index >= 15 is 0 Å². The molecule has 4 heterocycles. The minimum Gasteiger partial charge on any atom is -0.437 e. The lowest BCUT2D eigenvalue weighted by molar-refractivity contribution is 0.161. The molecule has 1 aliphatic heterocycles. The summed E-state index contributed by atoms with van der Waals surface area (Å²) in [6.45, 7) is 15.5. The molecular weight excluding hydrogens is 502 g/mol. The van der Waals surface area contributed by atoms with E-state index in [-0.39, 0.29) is 10.8 Å². The van der Waals surface area contributed by atoms with Gasteiger partial charge in [0.05, 0.1) is 16.5 Å². The van der Waals surface area contributed by atoms with E-state index in [2.05, 4.69) is 72.6 Å². The highest BCUT2D eigenvalue weighted by atomic mass is 16.3. The molecule has 0 bridgehead atoms. The third-order valence-corrected chi connectivity index (χ3v) is 7.97. The SMILES string of the molecule is CN1CCN(C)CCN(Cc2ccn(-c3ccc4c(=O)c5cc(C(C)(C)C)ccc5oc4n3)n2)CCN(C)CC1. The van der Waals surface area contributed by atoms with E-state index in [1.54, 1.807) is 10.7 Å². The Labute approximate surface area is 237 Å². The highest BCUT2D eigenvalue weighted by Crippen LogP contribution is 2.26. The maximum Gasteiger partial charge on any atom is 0.232 e. The molecule has 0 radical (unpaired) electrons. The first kappa shape index (κ1) is 28.4. The molecule has 1 aromatic carbocycles. The van der Waals surface area contributed by atoms with Gasteiger partial charge in [0, 0.05) is 65.1 Å². The molecule has 9 heteroatoms. The van der Waals surface area contributed by atoms with Gasteiger partial charge in [0.25, 0.3) is 0 Å². The Morgan fingerprint density at radius 2 is 1.43 bits per heavy atom. The van der Waals surface area contributed by atoms with Crippen LogP contribution in [0.1, 0.15) is 32.0 Å². The lowest BCUT2D eigenvalue weighted by Crippen LogP contribution is -2.43. The maximum atomic E-state index is 13.3. The minimum atomic E-state index is -0.0561. The summed E-state index contributed by atoms with van der Waals surface area (Å²) in [5.41, 5.74) is 2.86. The number of aromatic nitrogens is 3. The van der Waals surface area contributed by atoms with Gasteiger partial charge in [-0.1, -0.05) is 26.8 Å². The normalized spacial score (nSPS) is 18.2. The number of likely N-dealkylation sites (N-methyl/N-ethyl adjacent to an activating group) is 3. The minimum absolute atomic E-state index is 0.0535. The van der Waals surface area contributed by atoms with Gasteiger partial charge in [-0.05, 0) is 62.5 Å². The number of hydrogen-bond acceptors (Lipinski definition) is 8. The summed E-state index contributed by atoms with van der Waals surface area (Å²) in [6, 6.07) is 11.5. The molecule has 0 atom stereocenters. The van der Waals surface area contributed by atoms with Crippen LogP contribution in [0.15, 0.2) is 51.8 Å². The number of benzene rings is 1. The molecule has 3 aromatic heterocycles. The summed E-state index contributed by atoms with van der Waals surface area (Å²) in [5, 5.41) is 5.91. The summed E-state index contributed by atoms with van der Waals surface area (Å²) in [5.74, 6) is 0.629. The molecule has 4 aromatic rings. The van der Waals surface area contributed by atoms with Gasteiger partial charge < -0.3 is 19.1 Å². The first-order valence-electron chi connectivity index (χ1n) is 14.3. The molecule has 0 unspecified atom stereocenters. The fourth-order valence-electron chi connectivity index (χ4n) is 5.04. The van der Waals surface area contributed by atoms with Gasteiger partial charge in [-0.3, -0.25) is 9.69 Å². The second-order valence-electron chi connectivity index (χ2n) is 12.4. The van der Waals surface area contributed by atoms with Crippen molar-refractivity contribution in [1.29, 1.82) is 0 Å². The van der Waals surface area contributed by atoms with Gasteiger partial charge >= 0.3 is 0 Å². The summed E-state index contributed by atoms with van der Waals surface area (Å²) in [7, 11) is 6.61. The van der Waals surface area contributed by atoms with Crippen LogP contribution < -0.4 is 5.43 Å². The third kappa shape index (κ3) is 6.61. The van der Waals surface area contributed by atoms with Crippen molar-refractivity contribution in [3.8, 4) is 5.82 Å². The van der Waals surface area contributed by atoms with Crippen molar-refractivity contribution < 1.29 is 4.42 Å². The molecule has 0 saturated carbocycles. The smallest absolute Gasteiger partial charge is 0.232 e. The second-order valence-corrected chi connectivity index (χ2v) is 12.4. The molecule has 0 aliphatic carbocycles. The van der Waals surface area contributed by atoms with Gasteiger partial charge in [-0.2, -0.15) is 10.1 Å². The van der Waals surface area contributed by atoms with Crippen LogP contribution >= 0.6 is 0 Å². The number of pyridine rings is 1. The molecule has 1 fully saturated rings. The molecule has 9 nitrogen and oxygen atoms in total. The molecule has 1 aliphatic rings. The standard InChI is InChI=1S/C31H43N7O2/c1-31(2,3)23-7-9-27-26(21-23)29(39)25-8-10-28(32-30(25)40-27)38-12-11-24(33-38)22-37-19-17-35(5)15-13-34(4)14-16-36(6)18-20-37/h7-12,21H,13-20,22H2,1-6H3.